The summed E-state index contributed by atoms with van der Waals surface area (Å²) >= 11 is 0. The fraction of sp³-hybridized carbons (Fsp3) is 0.778. The van der Waals surface area contributed by atoms with Gasteiger partial charge in [0.25, 0.3) is 15.2 Å². The Kier molecular flexibility index (Phi) is 2.98. The van der Waals surface area contributed by atoms with E-state index in [9.17, 15) is 8.42 Å². The maximum Gasteiger partial charge on any atom is 0.273 e. The first-order valence-electron chi connectivity index (χ1n) is 5.50. The van der Waals surface area contributed by atoms with Crippen molar-refractivity contribution in [1.82, 2.24) is 14.8 Å². The van der Waals surface area contributed by atoms with E-state index in [4.69, 9.17) is 5.14 Å². The second kappa shape index (κ2) is 4.14. The van der Waals surface area contributed by atoms with Gasteiger partial charge < -0.3 is 0 Å². The smallest absolute Gasteiger partial charge is 0.273 e. The van der Waals surface area contributed by atoms with Crippen molar-refractivity contribution in [3.8, 4) is 0 Å². The van der Waals surface area contributed by atoms with E-state index in [0.717, 1.165) is 37.9 Å². The summed E-state index contributed by atoms with van der Waals surface area (Å²) in [6.45, 7) is 2.08. The number of hydrogen-bond donors (Lipinski definition) is 1. The van der Waals surface area contributed by atoms with Crippen molar-refractivity contribution in [2.24, 2.45) is 5.14 Å². The zero-order valence-corrected chi connectivity index (χ0v) is 10.1. The highest BCUT2D eigenvalue weighted by Crippen LogP contribution is 2.37. The molecule has 2 rings (SSSR count). The molecule has 0 saturated heterocycles. The first-order chi connectivity index (χ1) is 7.54. The maximum atomic E-state index is 11.3. The highest BCUT2D eigenvalue weighted by Gasteiger charge is 2.32. The number of primary sulfonamides is 1. The van der Waals surface area contributed by atoms with Crippen molar-refractivity contribution in [3.05, 3.63) is 5.82 Å². The van der Waals surface area contributed by atoms with E-state index >= 15 is 0 Å². The lowest BCUT2D eigenvalue weighted by Crippen LogP contribution is -2.19. The molecule has 0 unspecified atom stereocenters. The van der Waals surface area contributed by atoms with Gasteiger partial charge in [-0.3, -0.25) is 4.57 Å². The number of hydrogen-bond acceptors (Lipinski definition) is 4. The molecule has 0 atom stereocenters. The summed E-state index contributed by atoms with van der Waals surface area (Å²) in [6, 6.07) is 0.232. The van der Waals surface area contributed by atoms with Crippen LogP contribution in [0.5, 0.6) is 0 Å². The van der Waals surface area contributed by atoms with Crippen LogP contribution in [0.1, 0.15) is 44.5 Å². The normalized spacial score (nSPS) is 16.6. The Balaban J connectivity index is 2.36. The zero-order valence-electron chi connectivity index (χ0n) is 9.26. The lowest BCUT2D eigenvalue weighted by molar-refractivity contribution is 0.555. The lowest BCUT2D eigenvalue weighted by atomic mass is 10.2. The topological polar surface area (TPSA) is 90.9 Å². The molecule has 2 N–H and O–H groups in total. The molecule has 7 heteroatoms. The molecule has 1 saturated carbocycles. The quantitative estimate of drug-likeness (QED) is 0.821. The van der Waals surface area contributed by atoms with Gasteiger partial charge in [-0.25, -0.2) is 13.6 Å². The minimum atomic E-state index is -3.75. The molecule has 0 aliphatic heterocycles. The van der Waals surface area contributed by atoms with E-state index in [1.165, 1.54) is 0 Å². The first kappa shape index (κ1) is 11.5. The summed E-state index contributed by atoms with van der Waals surface area (Å²) in [7, 11) is -3.75. The average molecular weight is 244 g/mol. The number of nitrogens with zero attached hydrogens (tertiary/aromatic N) is 3. The van der Waals surface area contributed by atoms with E-state index in [1.807, 2.05) is 0 Å². The van der Waals surface area contributed by atoms with E-state index in [-0.39, 0.29) is 11.2 Å². The highest BCUT2D eigenvalue weighted by molar-refractivity contribution is 7.89. The molecule has 0 aromatic carbocycles. The second-order valence-corrected chi connectivity index (χ2v) is 5.60. The molecule has 1 aromatic rings. The number of aryl methyl sites for hydroxylation is 1. The zero-order chi connectivity index (χ0) is 11.8. The number of aromatic nitrogens is 3. The third-order valence-electron chi connectivity index (χ3n) is 2.66. The van der Waals surface area contributed by atoms with Gasteiger partial charge in [0, 0.05) is 12.5 Å². The van der Waals surface area contributed by atoms with Crippen molar-refractivity contribution in [2.45, 2.75) is 50.2 Å². The van der Waals surface area contributed by atoms with Crippen LogP contribution in [-0.4, -0.2) is 23.2 Å². The monoisotopic (exact) mass is 244 g/mol. The Labute approximate surface area is 94.9 Å². The van der Waals surface area contributed by atoms with Gasteiger partial charge in [0.15, 0.2) is 0 Å². The van der Waals surface area contributed by atoms with Crippen molar-refractivity contribution in [2.75, 3.05) is 0 Å². The average Bonchev–Trinajstić information content (AvgIpc) is 2.94. The number of nitrogens with two attached hydrogens (primary N) is 1. The third-order valence-corrected chi connectivity index (χ3v) is 3.44. The Bertz CT molecular complexity index is 476. The van der Waals surface area contributed by atoms with Gasteiger partial charge in [0.2, 0.25) is 0 Å². The molecule has 1 aliphatic carbocycles. The molecule has 1 fully saturated rings. The van der Waals surface area contributed by atoms with Gasteiger partial charge in [-0.15, -0.1) is 10.2 Å². The van der Waals surface area contributed by atoms with Gasteiger partial charge in [0.05, 0.1) is 0 Å². The maximum absolute atomic E-state index is 11.3. The van der Waals surface area contributed by atoms with Crippen LogP contribution in [0.4, 0.5) is 0 Å². The van der Waals surface area contributed by atoms with Gasteiger partial charge in [-0.05, 0) is 19.3 Å². The Morgan fingerprint density at radius 1 is 1.44 bits per heavy atom. The molecule has 1 heterocycles. The van der Waals surface area contributed by atoms with Crippen LogP contribution in [0.15, 0.2) is 5.16 Å². The number of unbranched alkanes of at least 4 members (excludes halogenated alkanes) is 1. The molecule has 0 bridgehead atoms. The molecular formula is C9H16N4O2S. The van der Waals surface area contributed by atoms with Crippen LogP contribution in [0.2, 0.25) is 0 Å². The Morgan fingerprint density at radius 2 is 2.12 bits per heavy atom. The summed E-state index contributed by atoms with van der Waals surface area (Å²) in [5.41, 5.74) is 0. The molecule has 0 spiro atoms. The van der Waals surface area contributed by atoms with Crippen LogP contribution >= 0.6 is 0 Å². The van der Waals surface area contributed by atoms with E-state index in [0.29, 0.717) is 0 Å². The minimum absolute atomic E-state index is 0.0823. The summed E-state index contributed by atoms with van der Waals surface area (Å²) in [4.78, 5) is 0. The number of rotatable bonds is 5. The van der Waals surface area contributed by atoms with E-state index in [1.54, 1.807) is 4.57 Å². The highest BCUT2D eigenvalue weighted by atomic mass is 32.2. The predicted octanol–water partition coefficient (Wildman–Crippen LogP) is 0.603. The van der Waals surface area contributed by atoms with Crippen LogP contribution in [0.3, 0.4) is 0 Å². The van der Waals surface area contributed by atoms with Gasteiger partial charge >= 0.3 is 0 Å². The summed E-state index contributed by atoms with van der Waals surface area (Å²) < 4.78 is 24.4. The molecule has 0 amide bonds. The SMILES string of the molecule is CCCCc1nnc(S(N)(=O)=O)n1C1CC1. The second-order valence-electron chi connectivity index (χ2n) is 4.15. The third kappa shape index (κ3) is 2.25. The molecular weight excluding hydrogens is 228 g/mol. The largest absolute Gasteiger partial charge is 0.298 e. The Morgan fingerprint density at radius 3 is 2.62 bits per heavy atom. The standard InChI is InChI=1S/C9H16N4O2S/c1-2-3-4-8-11-12-9(16(10,14)15)13(8)7-5-6-7/h7H,2-6H2,1H3,(H2,10,14,15). The Hall–Kier alpha value is -0.950. The van der Waals surface area contributed by atoms with Crippen molar-refractivity contribution >= 4 is 10.0 Å². The summed E-state index contributed by atoms with van der Waals surface area (Å²) in [5, 5.41) is 12.7. The fourth-order valence-corrected chi connectivity index (χ4v) is 2.39. The fourth-order valence-electron chi connectivity index (χ4n) is 1.71. The van der Waals surface area contributed by atoms with Gasteiger partial charge in [-0.1, -0.05) is 13.3 Å². The predicted molar refractivity (Wildman–Crippen MR) is 58.3 cm³/mol. The summed E-state index contributed by atoms with van der Waals surface area (Å²) in [5.74, 6) is 0.744. The minimum Gasteiger partial charge on any atom is -0.298 e. The van der Waals surface area contributed by atoms with Crippen molar-refractivity contribution in [3.63, 3.8) is 0 Å². The van der Waals surface area contributed by atoms with Crippen LogP contribution < -0.4 is 5.14 Å². The van der Waals surface area contributed by atoms with Gasteiger partial charge in [0.1, 0.15) is 5.82 Å². The molecule has 16 heavy (non-hydrogen) atoms. The van der Waals surface area contributed by atoms with Crippen LogP contribution in [0.25, 0.3) is 0 Å². The molecule has 1 aromatic heterocycles. The van der Waals surface area contributed by atoms with E-state index < -0.39 is 10.0 Å². The lowest BCUT2D eigenvalue weighted by Gasteiger charge is -2.06. The molecule has 90 valence electrons. The van der Waals surface area contributed by atoms with Gasteiger partial charge in [-0.2, -0.15) is 0 Å². The summed E-state index contributed by atoms with van der Waals surface area (Å²) in [6.07, 6.45) is 4.76. The first-order valence-corrected chi connectivity index (χ1v) is 7.05. The molecule has 6 nitrogen and oxygen atoms in total. The number of sulfonamides is 1. The van der Waals surface area contributed by atoms with Crippen LogP contribution in [-0.2, 0) is 16.4 Å². The van der Waals surface area contributed by atoms with Crippen LogP contribution in [0, 0.1) is 0 Å². The van der Waals surface area contributed by atoms with Crippen molar-refractivity contribution in [1.29, 1.82) is 0 Å². The van der Waals surface area contributed by atoms with E-state index in [2.05, 4.69) is 17.1 Å². The molecule has 1 aliphatic rings. The van der Waals surface area contributed by atoms with Crippen molar-refractivity contribution < 1.29 is 8.42 Å². The molecule has 0 radical (unpaired) electrons.